The second-order valence-electron chi connectivity index (χ2n) is 5.15. The van der Waals surface area contributed by atoms with Crippen molar-refractivity contribution in [2.24, 2.45) is 0 Å². The van der Waals surface area contributed by atoms with Crippen molar-refractivity contribution < 1.29 is 9.52 Å². The summed E-state index contributed by atoms with van der Waals surface area (Å²) >= 11 is 0. The van der Waals surface area contributed by atoms with E-state index in [1.807, 2.05) is 0 Å². The molecule has 0 saturated heterocycles. The van der Waals surface area contributed by atoms with Crippen molar-refractivity contribution in [1.82, 2.24) is 4.90 Å². The van der Waals surface area contributed by atoms with Gasteiger partial charge in [-0.3, -0.25) is 4.90 Å². The minimum Gasteiger partial charge on any atom is -0.460 e. The molecule has 0 saturated carbocycles. The number of hydrogen-bond donors (Lipinski definition) is 1. The number of aliphatic hydroxyl groups excluding tert-OH is 1. The van der Waals surface area contributed by atoms with E-state index in [9.17, 15) is 5.11 Å². The number of aliphatic hydroxyl groups is 1. The molecular formula is C17H25NO2. The van der Waals surface area contributed by atoms with E-state index in [0.29, 0.717) is 0 Å². The highest BCUT2D eigenvalue weighted by molar-refractivity contribution is 5.85. The Labute approximate surface area is 121 Å². The lowest BCUT2D eigenvalue weighted by Crippen LogP contribution is -2.30. The van der Waals surface area contributed by atoms with Crippen LogP contribution in [0.3, 0.4) is 0 Å². The number of benzene rings is 1. The number of aryl methyl sites for hydroxylation is 2. The number of furan rings is 1. The quantitative estimate of drug-likeness (QED) is 0.873. The van der Waals surface area contributed by atoms with Crippen LogP contribution in [0, 0.1) is 6.92 Å². The summed E-state index contributed by atoms with van der Waals surface area (Å²) in [4.78, 5) is 2.26. The minimum absolute atomic E-state index is 0.00366. The van der Waals surface area contributed by atoms with E-state index in [-0.39, 0.29) is 12.6 Å². The summed E-state index contributed by atoms with van der Waals surface area (Å²) in [6, 6.07) is 6.24. The zero-order chi connectivity index (χ0) is 14.7. The monoisotopic (exact) mass is 275 g/mol. The van der Waals surface area contributed by atoms with Crippen molar-refractivity contribution in [2.45, 2.75) is 40.2 Å². The number of fused-ring (bicyclic) bond motifs is 1. The maximum atomic E-state index is 9.82. The van der Waals surface area contributed by atoms with Crippen LogP contribution in [0.4, 0.5) is 0 Å². The van der Waals surface area contributed by atoms with Crippen molar-refractivity contribution in [2.75, 3.05) is 19.7 Å². The highest BCUT2D eigenvalue weighted by Crippen LogP contribution is 2.33. The molecule has 2 aromatic rings. The Hall–Kier alpha value is -1.32. The highest BCUT2D eigenvalue weighted by Gasteiger charge is 2.22. The molecule has 3 heteroatoms. The van der Waals surface area contributed by atoms with Crippen molar-refractivity contribution in [3.05, 3.63) is 35.1 Å². The molecule has 0 fully saturated rings. The van der Waals surface area contributed by atoms with Crippen LogP contribution in [-0.2, 0) is 6.42 Å². The summed E-state index contributed by atoms with van der Waals surface area (Å²) in [5.41, 5.74) is 3.25. The topological polar surface area (TPSA) is 36.6 Å². The van der Waals surface area contributed by atoms with Gasteiger partial charge in [-0.25, -0.2) is 0 Å². The highest BCUT2D eigenvalue weighted by atomic mass is 16.3. The van der Waals surface area contributed by atoms with Crippen molar-refractivity contribution in [1.29, 1.82) is 0 Å². The van der Waals surface area contributed by atoms with Gasteiger partial charge < -0.3 is 9.52 Å². The van der Waals surface area contributed by atoms with Crippen LogP contribution < -0.4 is 0 Å². The molecule has 3 nitrogen and oxygen atoms in total. The van der Waals surface area contributed by atoms with E-state index in [2.05, 4.69) is 50.8 Å². The molecule has 1 aromatic heterocycles. The van der Waals surface area contributed by atoms with E-state index in [1.54, 1.807) is 0 Å². The summed E-state index contributed by atoms with van der Waals surface area (Å²) in [5.74, 6) is 1.05. The van der Waals surface area contributed by atoms with Gasteiger partial charge in [-0.05, 0) is 25.6 Å². The van der Waals surface area contributed by atoms with Crippen molar-refractivity contribution in [3.63, 3.8) is 0 Å². The molecule has 1 N–H and O–H groups in total. The molecule has 0 aliphatic rings. The predicted molar refractivity (Wildman–Crippen MR) is 83.1 cm³/mol. The van der Waals surface area contributed by atoms with E-state index >= 15 is 0 Å². The number of hydrogen-bond acceptors (Lipinski definition) is 3. The lowest BCUT2D eigenvalue weighted by atomic mass is 10.0. The van der Waals surface area contributed by atoms with E-state index in [1.165, 1.54) is 10.9 Å². The lowest BCUT2D eigenvalue weighted by Gasteiger charge is -2.28. The molecule has 20 heavy (non-hydrogen) atoms. The molecule has 0 aliphatic heterocycles. The standard InChI is InChI=1S/C17H25NO2/c1-5-16-12(4)13-9-8-10-14(17(13)20-16)15(11-19)18(6-2)7-3/h8-10,15,19H,5-7,11H2,1-4H3. The fraction of sp³-hybridized carbons (Fsp3) is 0.529. The Balaban J connectivity index is 2.58. The summed E-state index contributed by atoms with van der Waals surface area (Å²) in [5, 5.41) is 11.0. The smallest absolute Gasteiger partial charge is 0.139 e. The first-order valence-corrected chi connectivity index (χ1v) is 7.53. The van der Waals surface area contributed by atoms with E-state index < -0.39 is 0 Å². The van der Waals surface area contributed by atoms with Gasteiger partial charge in [0.1, 0.15) is 11.3 Å². The Bertz CT molecular complexity index is 570. The lowest BCUT2D eigenvalue weighted by molar-refractivity contribution is 0.134. The van der Waals surface area contributed by atoms with E-state index in [4.69, 9.17) is 4.42 Å². The van der Waals surface area contributed by atoms with Gasteiger partial charge in [-0.2, -0.15) is 0 Å². The Morgan fingerprint density at radius 2 is 1.90 bits per heavy atom. The Morgan fingerprint density at radius 1 is 1.20 bits per heavy atom. The maximum absolute atomic E-state index is 9.82. The molecule has 0 amide bonds. The fourth-order valence-corrected chi connectivity index (χ4v) is 2.99. The van der Waals surface area contributed by atoms with E-state index in [0.717, 1.165) is 36.4 Å². The molecule has 1 unspecified atom stereocenters. The van der Waals surface area contributed by atoms with Gasteiger partial charge in [0.25, 0.3) is 0 Å². The van der Waals surface area contributed by atoms with Crippen LogP contribution in [0.25, 0.3) is 11.0 Å². The van der Waals surface area contributed by atoms with Gasteiger partial charge in [0.2, 0.25) is 0 Å². The van der Waals surface area contributed by atoms with Crippen molar-refractivity contribution >= 4 is 11.0 Å². The summed E-state index contributed by atoms with van der Waals surface area (Å²) in [6.45, 7) is 10.4. The number of rotatable bonds is 6. The van der Waals surface area contributed by atoms with Gasteiger partial charge in [0.05, 0.1) is 12.6 Å². The van der Waals surface area contributed by atoms with Crippen LogP contribution in [0.15, 0.2) is 22.6 Å². The first kappa shape index (κ1) is 15.1. The third-order valence-corrected chi connectivity index (χ3v) is 4.20. The number of para-hydroxylation sites is 1. The SMILES string of the molecule is CCc1oc2c(C(CO)N(CC)CC)cccc2c1C. The number of likely N-dealkylation sites (N-methyl/N-ethyl adjacent to an activating group) is 1. The molecule has 0 bridgehead atoms. The minimum atomic E-state index is 0.00366. The second-order valence-corrected chi connectivity index (χ2v) is 5.15. The zero-order valence-corrected chi connectivity index (χ0v) is 12.9. The van der Waals surface area contributed by atoms with Gasteiger partial charge in [-0.1, -0.05) is 39.0 Å². The van der Waals surface area contributed by atoms with Crippen LogP contribution in [0.1, 0.15) is 43.7 Å². The first-order valence-electron chi connectivity index (χ1n) is 7.53. The summed E-state index contributed by atoms with van der Waals surface area (Å²) in [6.07, 6.45) is 0.898. The molecular weight excluding hydrogens is 250 g/mol. The molecule has 1 atom stereocenters. The third kappa shape index (κ3) is 2.48. The summed E-state index contributed by atoms with van der Waals surface area (Å²) < 4.78 is 6.06. The average Bonchev–Trinajstić information content (AvgIpc) is 2.81. The van der Waals surface area contributed by atoms with Gasteiger partial charge in [0.15, 0.2) is 0 Å². The van der Waals surface area contributed by atoms with Crippen LogP contribution in [0.2, 0.25) is 0 Å². The van der Waals surface area contributed by atoms with Gasteiger partial charge in [-0.15, -0.1) is 0 Å². The van der Waals surface area contributed by atoms with Crippen LogP contribution in [-0.4, -0.2) is 29.7 Å². The average molecular weight is 275 g/mol. The first-order chi connectivity index (χ1) is 9.67. The largest absolute Gasteiger partial charge is 0.460 e. The normalized spacial score (nSPS) is 13.3. The molecule has 2 rings (SSSR count). The molecule has 0 spiro atoms. The van der Waals surface area contributed by atoms with Gasteiger partial charge in [0, 0.05) is 17.4 Å². The molecule has 0 aliphatic carbocycles. The molecule has 110 valence electrons. The second kappa shape index (κ2) is 6.42. The molecule has 1 aromatic carbocycles. The fourth-order valence-electron chi connectivity index (χ4n) is 2.99. The van der Waals surface area contributed by atoms with Crippen LogP contribution >= 0.6 is 0 Å². The maximum Gasteiger partial charge on any atom is 0.139 e. The molecule has 1 heterocycles. The number of nitrogens with zero attached hydrogens (tertiary/aromatic N) is 1. The molecule has 0 radical (unpaired) electrons. The predicted octanol–water partition coefficient (Wildman–Crippen LogP) is 3.68. The Morgan fingerprint density at radius 3 is 2.45 bits per heavy atom. The van der Waals surface area contributed by atoms with Crippen LogP contribution in [0.5, 0.6) is 0 Å². The van der Waals surface area contributed by atoms with Gasteiger partial charge >= 0.3 is 0 Å². The zero-order valence-electron chi connectivity index (χ0n) is 12.9. The third-order valence-electron chi connectivity index (χ3n) is 4.20. The van der Waals surface area contributed by atoms with Crippen molar-refractivity contribution in [3.8, 4) is 0 Å². The summed E-state index contributed by atoms with van der Waals surface area (Å²) in [7, 11) is 0. The Kier molecular flexibility index (Phi) is 4.84.